The fraction of sp³-hybridized carbons (Fsp3) is 0.136. The van der Waals surface area contributed by atoms with Gasteiger partial charge >= 0.3 is 11.9 Å². The Labute approximate surface area is 156 Å². The number of hydrogen-bond donors (Lipinski definition) is 0. The van der Waals surface area contributed by atoms with Crippen LogP contribution >= 0.6 is 0 Å². The number of hydrogen-bond acceptors (Lipinski definition) is 2. The number of carbonyl (C=O) groups is 2. The Bertz CT molecular complexity index is 1020. The van der Waals surface area contributed by atoms with Crippen LogP contribution in [0.1, 0.15) is 11.1 Å². The summed E-state index contributed by atoms with van der Waals surface area (Å²) in [5.41, 5.74) is 2.51. The van der Waals surface area contributed by atoms with E-state index in [4.69, 9.17) is 0 Å². The van der Waals surface area contributed by atoms with Crippen LogP contribution in [0.2, 0.25) is 0 Å². The number of anilines is 1. The predicted molar refractivity (Wildman–Crippen MR) is 101 cm³/mol. The highest BCUT2D eigenvalue weighted by Crippen LogP contribution is 2.26. The molecule has 0 aromatic heterocycles. The number of rotatable bonds is 3. The van der Waals surface area contributed by atoms with E-state index in [1.54, 1.807) is 54.6 Å². The molecule has 1 unspecified atom stereocenters. The molecule has 134 valence electrons. The molecule has 0 saturated carbocycles. The highest BCUT2D eigenvalue weighted by Gasteiger charge is 2.47. The molecule has 2 aromatic rings. The SMILES string of the molecule is Cc1ccc(N2C(=O)C3C=CC=CC3=[N+](Cc3ccccc3F)C2=O)cc1. The maximum absolute atomic E-state index is 14.2. The highest BCUT2D eigenvalue weighted by atomic mass is 19.1. The molecule has 0 fully saturated rings. The van der Waals surface area contributed by atoms with Gasteiger partial charge in [-0.25, -0.2) is 9.18 Å². The Hall–Kier alpha value is -3.34. The molecule has 0 radical (unpaired) electrons. The molecular weight excluding hydrogens is 343 g/mol. The van der Waals surface area contributed by atoms with Gasteiger partial charge in [-0.2, -0.15) is 9.37 Å². The van der Waals surface area contributed by atoms with E-state index in [2.05, 4.69) is 0 Å². The average molecular weight is 361 g/mol. The van der Waals surface area contributed by atoms with E-state index in [-0.39, 0.29) is 18.3 Å². The fourth-order valence-corrected chi connectivity index (χ4v) is 3.35. The number of carbonyl (C=O) groups excluding carboxylic acids is 2. The minimum Gasteiger partial charge on any atom is -0.245 e. The lowest BCUT2D eigenvalue weighted by molar-refractivity contribution is -0.446. The van der Waals surface area contributed by atoms with Gasteiger partial charge in [-0.15, -0.1) is 4.90 Å². The van der Waals surface area contributed by atoms with Crippen molar-refractivity contribution >= 4 is 23.3 Å². The van der Waals surface area contributed by atoms with Crippen molar-refractivity contribution in [2.75, 3.05) is 4.90 Å². The molecule has 1 aliphatic carbocycles. The van der Waals surface area contributed by atoms with Gasteiger partial charge in [-0.05, 0) is 31.2 Å². The number of fused-ring (bicyclic) bond motifs is 1. The van der Waals surface area contributed by atoms with Crippen LogP contribution < -0.4 is 4.90 Å². The Morgan fingerprint density at radius 1 is 1.04 bits per heavy atom. The number of allylic oxidation sites excluding steroid dienone is 3. The van der Waals surface area contributed by atoms with Crippen molar-refractivity contribution < 1.29 is 18.6 Å². The number of imide groups is 1. The quantitative estimate of drug-likeness (QED) is 0.776. The Morgan fingerprint density at radius 3 is 2.52 bits per heavy atom. The second-order valence-corrected chi connectivity index (χ2v) is 6.62. The van der Waals surface area contributed by atoms with Crippen molar-refractivity contribution in [3.05, 3.63) is 89.8 Å². The molecule has 2 aliphatic rings. The minimum atomic E-state index is -0.569. The van der Waals surface area contributed by atoms with E-state index in [0.717, 1.165) is 5.56 Å². The molecule has 0 N–H and O–H groups in total. The van der Waals surface area contributed by atoms with Crippen LogP contribution in [-0.4, -0.2) is 22.2 Å². The Kier molecular flexibility index (Phi) is 4.28. The molecular formula is C22H18FN2O2+. The van der Waals surface area contributed by atoms with Gasteiger partial charge in [0.05, 0.1) is 0 Å². The smallest absolute Gasteiger partial charge is 0.245 e. The van der Waals surface area contributed by atoms with Gasteiger partial charge in [0.1, 0.15) is 29.7 Å². The summed E-state index contributed by atoms with van der Waals surface area (Å²) in [5.74, 6) is -1.25. The molecule has 4 nitrogen and oxygen atoms in total. The fourth-order valence-electron chi connectivity index (χ4n) is 3.35. The predicted octanol–water partition coefficient (Wildman–Crippen LogP) is 4.00. The summed E-state index contributed by atoms with van der Waals surface area (Å²) in [4.78, 5) is 27.4. The first-order valence-corrected chi connectivity index (χ1v) is 8.73. The van der Waals surface area contributed by atoms with Crippen LogP contribution in [0.4, 0.5) is 14.9 Å². The Balaban J connectivity index is 1.82. The lowest BCUT2D eigenvalue weighted by atomic mass is 9.94. The van der Waals surface area contributed by atoms with Gasteiger partial charge in [-0.1, -0.05) is 54.1 Å². The van der Waals surface area contributed by atoms with E-state index < -0.39 is 11.9 Å². The Morgan fingerprint density at radius 2 is 1.78 bits per heavy atom. The monoisotopic (exact) mass is 361 g/mol. The zero-order valence-corrected chi connectivity index (χ0v) is 14.8. The third-order valence-corrected chi connectivity index (χ3v) is 4.80. The molecule has 5 heteroatoms. The largest absolute Gasteiger partial charge is 0.506 e. The van der Waals surface area contributed by atoms with Gasteiger partial charge in [0.15, 0.2) is 0 Å². The van der Waals surface area contributed by atoms with Crippen LogP contribution in [0, 0.1) is 18.7 Å². The van der Waals surface area contributed by atoms with E-state index in [1.165, 1.54) is 15.5 Å². The first-order valence-electron chi connectivity index (χ1n) is 8.73. The summed E-state index contributed by atoms with van der Waals surface area (Å²) in [6, 6.07) is 13.1. The van der Waals surface area contributed by atoms with Crippen molar-refractivity contribution in [1.82, 2.24) is 0 Å². The maximum atomic E-state index is 14.2. The topological polar surface area (TPSA) is 40.4 Å². The van der Waals surface area contributed by atoms with Gasteiger partial charge in [0.25, 0.3) is 0 Å². The van der Waals surface area contributed by atoms with Crippen molar-refractivity contribution in [2.45, 2.75) is 13.5 Å². The van der Waals surface area contributed by atoms with E-state index in [1.807, 2.05) is 19.1 Å². The maximum Gasteiger partial charge on any atom is 0.506 e. The molecule has 1 atom stereocenters. The van der Waals surface area contributed by atoms with Crippen molar-refractivity contribution in [1.29, 1.82) is 0 Å². The molecule has 1 heterocycles. The van der Waals surface area contributed by atoms with Crippen molar-refractivity contribution in [3.63, 3.8) is 0 Å². The van der Waals surface area contributed by atoms with Crippen molar-refractivity contribution in [2.24, 2.45) is 5.92 Å². The number of aryl methyl sites for hydroxylation is 1. The highest BCUT2D eigenvalue weighted by molar-refractivity contribution is 6.25. The van der Waals surface area contributed by atoms with Crippen LogP contribution in [-0.2, 0) is 11.3 Å². The summed E-state index contributed by atoms with van der Waals surface area (Å²) in [7, 11) is 0. The molecule has 4 rings (SSSR count). The molecule has 3 amide bonds. The summed E-state index contributed by atoms with van der Waals surface area (Å²) in [6.07, 6.45) is 7.08. The first-order chi connectivity index (χ1) is 13.1. The average Bonchev–Trinajstić information content (AvgIpc) is 2.68. The molecule has 2 aromatic carbocycles. The second kappa shape index (κ2) is 6.76. The summed E-state index contributed by atoms with van der Waals surface area (Å²) in [5, 5.41) is 0. The van der Waals surface area contributed by atoms with Crippen LogP contribution in [0.25, 0.3) is 0 Å². The molecule has 0 bridgehead atoms. The second-order valence-electron chi connectivity index (χ2n) is 6.62. The number of nitrogens with zero attached hydrogens (tertiary/aromatic N) is 2. The molecule has 0 spiro atoms. The molecule has 0 saturated heterocycles. The normalized spacial score (nSPS) is 18.9. The third kappa shape index (κ3) is 3.01. The molecule has 1 aliphatic heterocycles. The minimum absolute atomic E-state index is 0.0607. The van der Waals surface area contributed by atoms with Crippen LogP contribution in [0.5, 0.6) is 0 Å². The summed E-state index contributed by atoms with van der Waals surface area (Å²) < 4.78 is 15.7. The molecule has 27 heavy (non-hydrogen) atoms. The number of benzene rings is 2. The van der Waals surface area contributed by atoms with E-state index in [9.17, 15) is 14.0 Å². The van der Waals surface area contributed by atoms with E-state index in [0.29, 0.717) is 17.0 Å². The lowest BCUT2D eigenvalue weighted by Gasteiger charge is -2.26. The van der Waals surface area contributed by atoms with E-state index >= 15 is 0 Å². The lowest BCUT2D eigenvalue weighted by Crippen LogP contribution is -2.54. The van der Waals surface area contributed by atoms with Crippen LogP contribution in [0.3, 0.4) is 0 Å². The van der Waals surface area contributed by atoms with Gasteiger partial charge in [0.2, 0.25) is 0 Å². The van der Waals surface area contributed by atoms with Gasteiger partial charge in [0, 0.05) is 5.56 Å². The number of halogens is 1. The van der Waals surface area contributed by atoms with Crippen molar-refractivity contribution in [3.8, 4) is 0 Å². The van der Waals surface area contributed by atoms with Crippen LogP contribution in [0.15, 0.2) is 72.8 Å². The van der Waals surface area contributed by atoms with Gasteiger partial charge in [-0.3, -0.25) is 0 Å². The van der Waals surface area contributed by atoms with Gasteiger partial charge < -0.3 is 0 Å². The summed E-state index contributed by atoms with van der Waals surface area (Å²) >= 11 is 0. The number of amides is 3. The zero-order valence-electron chi connectivity index (χ0n) is 14.8. The standard InChI is InChI=1S/C22H18FN2O2/c1-15-10-12-17(13-11-15)25-21(26)18-7-3-5-9-20(18)24(22(25)27)14-16-6-2-4-8-19(16)23/h2-13,18H,14H2,1H3/q+1. The summed E-state index contributed by atoms with van der Waals surface area (Å²) in [6.45, 7) is 2.00. The first kappa shape index (κ1) is 17.1. The third-order valence-electron chi connectivity index (χ3n) is 4.80. The number of urea groups is 1. The zero-order chi connectivity index (χ0) is 19.0.